The normalized spacial score (nSPS) is 15.0. The highest BCUT2D eigenvalue weighted by Crippen LogP contribution is 2.27. The van der Waals surface area contributed by atoms with E-state index in [0.717, 1.165) is 23.8 Å². The minimum Gasteiger partial charge on any atom is -0.370 e. The minimum absolute atomic E-state index is 0.0253. The minimum atomic E-state index is -0.508. The molecule has 8 nitrogen and oxygen atoms in total. The summed E-state index contributed by atoms with van der Waals surface area (Å²) in [5.74, 6) is 0. The van der Waals surface area contributed by atoms with E-state index in [-0.39, 0.29) is 16.6 Å². The molecule has 0 amide bonds. The average molecular weight is 332 g/mol. The lowest BCUT2D eigenvalue weighted by atomic mass is 10.1. The summed E-state index contributed by atoms with van der Waals surface area (Å²) < 4.78 is 3.49. The summed E-state index contributed by atoms with van der Waals surface area (Å²) in [7, 11) is 4.39. The molecule has 0 radical (unpaired) electrons. The molecule has 3 rings (SSSR count). The van der Waals surface area contributed by atoms with Gasteiger partial charge in [-0.15, -0.1) is 0 Å². The SMILES string of the molecule is Cn1c(=O)c2c(N3CCCCC3)c(C=O)c(=O)n(C)c2n(C)c1=O. The molecule has 1 aliphatic heterocycles. The van der Waals surface area contributed by atoms with Crippen molar-refractivity contribution < 1.29 is 4.79 Å². The van der Waals surface area contributed by atoms with E-state index in [2.05, 4.69) is 0 Å². The molecule has 2 aromatic rings. The monoisotopic (exact) mass is 332 g/mol. The molecule has 0 N–H and O–H groups in total. The molecule has 0 atom stereocenters. The summed E-state index contributed by atoms with van der Waals surface area (Å²) in [4.78, 5) is 51.2. The van der Waals surface area contributed by atoms with E-state index in [0.29, 0.717) is 25.1 Å². The van der Waals surface area contributed by atoms with Crippen LogP contribution in [0.3, 0.4) is 0 Å². The number of aldehydes is 1. The largest absolute Gasteiger partial charge is 0.370 e. The second-order valence-corrected chi connectivity index (χ2v) is 6.20. The van der Waals surface area contributed by atoms with Crippen LogP contribution in [0.25, 0.3) is 11.0 Å². The zero-order valence-corrected chi connectivity index (χ0v) is 14.0. The van der Waals surface area contributed by atoms with E-state index in [9.17, 15) is 19.2 Å². The predicted molar refractivity (Wildman–Crippen MR) is 91.1 cm³/mol. The third-order valence-electron chi connectivity index (χ3n) is 4.77. The van der Waals surface area contributed by atoms with Gasteiger partial charge >= 0.3 is 5.69 Å². The number of aromatic nitrogens is 3. The molecular weight excluding hydrogens is 312 g/mol. The lowest BCUT2D eigenvalue weighted by molar-refractivity contribution is 0.112. The first-order valence-electron chi connectivity index (χ1n) is 7.93. The van der Waals surface area contributed by atoms with Crippen molar-refractivity contribution >= 4 is 23.0 Å². The van der Waals surface area contributed by atoms with Gasteiger partial charge in [-0.2, -0.15) is 0 Å². The third kappa shape index (κ3) is 2.13. The van der Waals surface area contributed by atoms with Crippen molar-refractivity contribution in [2.24, 2.45) is 21.1 Å². The van der Waals surface area contributed by atoms with Crippen molar-refractivity contribution in [3.05, 3.63) is 36.8 Å². The highest BCUT2D eigenvalue weighted by atomic mass is 16.2. The third-order valence-corrected chi connectivity index (χ3v) is 4.77. The topological polar surface area (TPSA) is 86.3 Å². The average Bonchev–Trinajstić information content (AvgIpc) is 2.60. The quantitative estimate of drug-likeness (QED) is 0.707. The van der Waals surface area contributed by atoms with Crippen molar-refractivity contribution in [1.29, 1.82) is 0 Å². The number of anilines is 1. The van der Waals surface area contributed by atoms with E-state index < -0.39 is 16.8 Å². The number of fused-ring (bicyclic) bond motifs is 1. The molecule has 1 aliphatic rings. The van der Waals surface area contributed by atoms with Crippen LogP contribution in [0.5, 0.6) is 0 Å². The van der Waals surface area contributed by atoms with E-state index >= 15 is 0 Å². The molecule has 2 aromatic heterocycles. The van der Waals surface area contributed by atoms with Gasteiger partial charge in [-0.3, -0.25) is 28.1 Å². The fraction of sp³-hybridized carbons (Fsp3) is 0.500. The molecule has 0 aromatic carbocycles. The van der Waals surface area contributed by atoms with Crippen molar-refractivity contribution in [2.75, 3.05) is 18.0 Å². The zero-order chi connectivity index (χ0) is 17.6. The Morgan fingerprint density at radius 2 is 1.46 bits per heavy atom. The first kappa shape index (κ1) is 16.2. The number of aryl methyl sites for hydroxylation is 2. The Hall–Kier alpha value is -2.64. The number of rotatable bonds is 2. The molecule has 0 saturated carbocycles. The van der Waals surface area contributed by atoms with E-state index in [4.69, 9.17) is 0 Å². The van der Waals surface area contributed by atoms with E-state index in [1.54, 1.807) is 0 Å². The summed E-state index contributed by atoms with van der Waals surface area (Å²) in [5.41, 5.74) is -0.930. The van der Waals surface area contributed by atoms with Gasteiger partial charge in [0.25, 0.3) is 11.1 Å². The fourth-order valence-corrected chi connectivity index (χ4v) is 3.50. The van der Waals surface area contributed by atoms with Gasteiger partial charge in [0, 0.05) is 34.2 Å². The van der Waals surface area contributed by atoms with Gasteiger partial charge in [0.2, 0.25) is 0 Å². The highest BCUT2D eigenvalue weighted by Gasteiger charge is 2.25. The number of hydrogen-bond acceptors (Lipinski definition) is 5. The van der Waals surface area contributed by atoms with Crippen LogP contribution in [0.1, 0.15) is 29.6 Å². The van der Waals surface area contributed by atoms with Crippen LogP contribution in [-0.2, 0) is 21.1 Å². The van der Waals surface area contributed by atoms with Gasteiger partial charge in [0.05, 0.1) is 5.69 Å². The highest BCUT2D eigenvalue weighted by molar-refractivity contribution is 5.99. The second-order valence-electron chi connectivity index (χ2n) is 6.20. The first-order chi connectivity index (χ1) is 11.4. The Bertz CT molecular complexity index is 1010. The smallest absolute Gasteiger partial charge is 0.332 e. The van der Waals surface area contributed by atoms with Crippen LogP contribution in [-0.4, -0.2) is 33.1 Å². The van der Waals surface area contributed by atoms with Crippen LogP contribution < -0.4 is 21.7 Å². The fourth-order valence-electron chi connectivity index (χ4n) is 3.50. The second kappa shape index (κ2) is 5.77. The maximum atomic E-state index is 12.8. The van der Waals surface area contributed by atoms with Crippen LogP contribution in [0.2, 0.25) is 0 Å². The standard InChI is InChI=1S/C16H20N4O4/c1-17-13-11(15(23)19(3)16(24)18(13)2)12(10(9-21)14(17)22)20-7-5-4-6-8-20/h9H,4-8H2,1-3H3. The van der Waals surface area contributed by atoms with E-state index in [1.165, 1.54) is 30.3 Å². The molecule has 0 bridgehead atoms. The Morgan fingerprint density at radius 1 is 0.833 bits per heavy atom. The Balaban J connectivity index is 2.60. The van der Waals surface area contributed by atoms with Gasteiger partial charge in [0.15, 0.2) is 6.29 Å². The predicted octanol–water partition coefficient (Wildman–Crippen LogP) is -0.261. The van der Waals surface area contributed by atoms with Gasteiger partial charge in [-0.25, -0.2) is 4.79 Å². The molecule has 1 saturated heterocycles. The van der Waals surface area contributed by atoms with Gasteiger partial charge in [-0.1, -0.05) is 0 Å². The van der Waals surface area contributed by atoms with Gasteiger partial charge in [0.1, 0.15) is 16.6 Å². The Kier molecular flexibility index (Phi) is 3.90. The number of pyridine rings is 1. The lowest BCUT2D eigenvalue weighted by Gasteiger charge is -2.31. The van der Waals surface area contributed by atoms with E-state index in [1.807, 2.05) is 4.90 Å². The van der Waals surface area contributed by atoms with Gasteiger partial charge in [-0.05, 0) is 19.3 Å². The van der Waals surface area contributed by atoms with Gasteiger partial charge < -0.3 is 4.90 Å². The van der Waals surface area contributed by atoms with Crippen molar-refractivity contribution in [1.82, 2.24) is 13.7 Å². The molecule has 24 heavy (non-hydrogen) atoms. The number of hydrogen-bond donors (Lipinski definition) is 0. The Labute approximate surface area is 137 Å². The van der Waals surface area contributed by atoms with Crippen LogP contribution in [0.4, 0.5) is 5.69 Å². The number of piperidine rings is 1. The molecule has 8 heteroatoms. The summed E-state index contributed by atoms with van der Waals surface area (Å²) in [6.45, 7) is 1.35. The number of nitrogens with zero attached hydrogens (tertiary/aromatic N) is 4. The molecule has 128 valence electrons. The lowest BCUT2D eigenvalue weighted by Crippen LogP contribution is -2.42. The summed E-state index contributed by atoms with van der Waals surface area (Å²) in [5, 5.41) is 0.241. The van der Waals surface area contributed by atoms with Crippen LogP contribution in [0.15, 0.2) is 14.4 Å². The van der Waals surface area contributed by atoms with Crippen LogP contribution >= 0.6 is 0 Å². The maximum Gasteiger partial charge on any atom is 0.332 e. The number of carbonyl (C=O) groups excluding carboxylic acids is 1. The molecule has 3 heterocycles. The maximum absolute atomic E-state index is 12.8. The molecule has 1 fully saturated rings. The summed E-state index contributed by atoms with van der Waals surface area (Å²) in [6.07, 6.45) is 3.45. The van der Waals surface area contributed by atoms with Crippen molar-refractivity contribution in [2.45, 2.75) is 19.3 Å². The molecular formula is C16H20N4O4. The van der Waals surface area contributed by atoms with Crippen molar-refractivity contribution in [3.8, 4) is 0 Å². The number of carbonyl (C=O) groups is 1. The first-order valence-corrected chi connectivity index (χ1v) is 7.93. The molecule has 0 spiro atoms. The molecule has 0 unspecified atom stereocenters. The summed E-state index contributed by atoms with van der Waals surface area (Å²) in [6, 6.07) is 0. The Morgan fingerprint density at radius 3 is 2.04 bits per heavy atom. The molecule has 0 aliphatic carbocycles. The zero-order valence-electron chi connectivity index (χ0n) is 14.0. The summed E-state index contributed by atoms with van der Waals surface area (Å²) >= 11 is 0. The van der Waals surface area contributed by atoms with Crippen LogP contribution in [0, 0.1) is 0 Å². The van der Waals surface area contributed by atoms with Crippen molar-refractivity contribution in [3.63, 3.8) is 0 Å².